The van der Waals surface area contributed by atoms with E-state index in [0.717, 1.165) is 15.3 Å². The first-order valence-corrected chi connectivity index (χ1v) is 10.6. The van der Waals surface area contributed by atoms with Crippen LogP contribution in [0.4, 0.5) is 11.5 Å². The average molecular weight is 421 g/mol. The fourth-order valence-corrected chi connectivity index (χ4v) is 5.07. The van der Waals surface area contributed by atoms with E-state index in [2.05, 4.69) is 20.0 Å². The fourth-order valence-electron chi connectivity index (χ4n) is 2.78. The van der Waals surface area contributed by atoms with Gasteiger partial charge < -0.3 is 10.1 Å². The van der Waals surface area contributed by atoms with E-state index in [1.807, 2.05) is 13.8 Å². The van der Waals surface area contributed by atoms with E-state index in [1.165, 1.54) is 37.5 Å². The number of benzene rings is 1. The highest BCUT2D eigenvalue weighted by Crippen LogP contribution is 2.35. The van der Waals surface area contributed by atoms with Gasteiger partial charge >= 0.3 is 0 Å². The van der Waals surface area contributed by atoms with Crippen molar-refractivity contribution in [3.8, 4) is 5.75 Å². The molecule has 0 spiro atoms. The zero-order valence-electron chi connectivity index (χ0n) is 16.1. The number of aryl methyl sites for hydroxylation is 3. The number of hydrogen-bond donors (Lipinski definition) is 2. The number of methoxy groups -OCH3 is 1. The molecule has 2 aromatic heterocycles. The predicted octanol–water partition coefficient (Wildman–Crippen LogP) is 3.38. The summed E-state index contributed by atoms with van der Waals surface area (Å²) in [4.78, 5) is 21.7. The summed E-state index contributed by atoms with van der Waals surface area (Å²) in [7, 11) is -2.66. The zero-order chi connectivity index (χ0) is 20.6. The maximum Gasteiger partial charge on any atom is 0.266 e. The molecule has 0 aliphatic carbocycles. The Morgan fingerprint density at radius 2 is 1.89 bits per heavy atom. The van der Waals surface area contributed by atoms with Gasteiger partial charge in [0.1, 0.15) is 21.3 Å². The van der Waals surface area contributed by atoms with Gasteiger partial charge in [-0.15, -0.1) is 11.3 Å². The van der Waals surface area contributed by atoms with Crippen molar-refractivity contribution in [2.45, 2.75) is 32.6 Å². The van der Waals surface area contributed by atoms with Gasteiger partial charge in [-0.05, 0) is 44.5 Å². The lowest BCUT2D eigenvalue weighted by Crippen LogP contribution is -2.16. The Hall–Kier alpha value is -2.72. The maximum atomic E-state index is 13.1. The van der Waals surface area contributed by atoms with Crippen LogP contribution >= 0.6 is 11.3 Å². The molecule has 2 N–H and O–H groups in total. The molecule has 1 amide bonds. The number of anilines is 2. The van der Waals surface area contributed by atoms with E-state index in [0.29, 0.717) is 16.9 Å². The average Bonchev–Trinajstić information content (AvgIpc) is 2.88. The highest BCUT2D eigenvalue weighted by Gasteiger charge is 2.24. The van der Waals surface area contributed by atoms with Gasteiger partial charge in [0.15, 0.2) is 5.82 Å². The molecular weight excluding hydrogens is 400 g/mol. The lowest BCUT2D eigenvalue weighted by atomic mass is 10.2. The van der Waals surface area contributed by atoms with Gasteiger partial charge in [-0.1, -0.05) is 0 Å². The highest BCUT2D eigenvalue weighted by molar-refractivity contribution is 7.92. The zero-order valence-corrected chi connectivity index (χ0v) is 17.7. The largest absolute Gasteiger partial charge is 0.495 e. The van der Waals surface area contributed by atoms with Crippen molar-refractivity contribution in [2.75, 3.05) is 17.1 Å². The van der Waals surface area contributed by atoms with Crippen LogP contribution in [-0.2, 0) is 14.8 Å². The summed E-state index contributed by atoms with van der Waals surface area (Å²) in [6.45, 7) is 6.91. The monoisotopic (exact) mass is 420 g/mol. The summed E-state index contributed by atoms with van der Waals surface area (Å²) in [5, 5.41) is 3.25. The summed E-state index contributed by atoms with van der Waals surface area (Å²) in [6, 6.07) is 4.40. The quantitative estimate of drug-likeness (QED) is 0.655. The summed E-state index contributed by atoms with van der Waals surface area (Å²) >= 11 is 1.49. The Bertz CT molecular complexity index is 1190. The molecule has 0 atom stereocenters. The number of amides is 1. The lowest BCUT2D eigenvalue weighted by molar-refractivity contribution is -0.114. The van der Waals surface area contributed by atoms with Crippen molar-refractivity contribution in [3.05, 3.63) is 34.5 Å². The Labute approximate surface area is 167 Å². The van der Waals surface area contributed by atoms with Gasteiger partial charge in [0.05, 0.1) is 12.5 Å². The van der Waals surface area contributed by atoms with Crippen LogP contribution in [0, 0.1) is 20.8 Å². The molecule has 148 valence electrons. The van der Waals surface area contributed by atoms with E-state index < -0.39 is 10.0 Å². The molecule has 0 aliphatic rings. The second kappa shape index (κ2) is 7.36. The van der Waals surface area contributed by atoms with E-state index in [1.54, 1.807) is 13.0 Å². The number of nitrogens with zero attached hydrogens (tertiary/aromatic N) is 2. The molecule has 0 radical (unpaired) electrons. The van der Waals surface area contributed by atoms with Crippen molar-refractivity contribution >= 4 is 49.0 Å². The third kappa shape index (κ3) is 3.78. The van der Waals surface area contributed by atoms with Gasteiger partial charge in [-0.25, -0.2) is 18.4 Å². The van der Waals surface area contributed by atoms with Crippen LogP contribution in [0.25, 0.3) is 10.2 Å². The minimum atomic E-state index is -4.04. The Morgan fingerprint density at radius 3 is 2.54 bits per heavy atom. The van der Waals surface area contributed by atoms with Crippen LogP contribution in [0.2, 0.25) is 0 Å². The van der Waals surface area contributed by atoms with E-state index in [9.17, 15) is 13.2 Å². The number of carbonyl (C=O) groups is 1. The predicted molar refractivity (Wildman–Crippen MR) is 110 cm³/mol. The standard InChI is InChI=1S/C18H20N4O4S2/c1-9-10(2)27-18-16(9)17(19-11(3)20-18)22-28(24,25)15-8-13(21-12(4)23)6-7-14(15)26-5/h6-8H,1-5H3,(H,21,23)(H,19,20,22). The molecule has 0 saturated carbocycles. The number of ether oxygens (including phenoxy) is 1. The summed E-state index contributed by atoms with van der Waals surface area (Å²) in [5.74, 6) is 0.530. The van der Waals surface area contributed by atoms with Crippen LogP contribution in [0.1, 0.15) is 23.2 Å². The first-order valence-electron chi connectivity index (χ1n) is 8.35. The number of rotatable bonds is 5. The molecule has 2 heterocycles. The molecule has 3 aromatic rings. The van der Waals surface area contributed by atoms with Crippen LogP contribution in [0.5, 0.6) is 5.75 Å². The molecule has 1 aromatic carbocycles. The summed E-state index contributed by atoms with van der Waals surface area (Å²) in [5.41, 5.74) is 1.27. The molecule has 8 nitrogen and oxygen atoms in total. The van der Waals surface area contributed by atoms with Crippen LogP contribution in [0.3, 0.4) is 0 Å². The SMILES string of the molecule is COc1ccc(NC(C)=O)cc1S(=O)(=O)Nc1nc(C)nc2sc(C)c(C)c12. The lowest BCUT2D eigenvalue weighted by Gasteiger charge is -2.14. The van der Waals surface area contributed by atoms with Crippen LogP contribution in [-0.4, -0.2) is 31.4 Å². The number of hydrogen-bond acceptors (Lipinski definition) is 7. The third-order valence-corrected chi connectivity index (χ3v) is 6.61. The molecule has 0 unspecified atom stereocenters. The normalized spacial score (nSPS) is 11.5. The minimum Gasteiger partial charge on any atom is -0.495 e. The number of carbonyl (C=O) groups excluding carboxylic acids is 1. The number of nitrogens with one attached hydrogen (secondary N) is 2. The molecular formula is C18H20N4O4S2. The number of thiophene rings is 1. The molecule has 3 rings (SSSR count). The molecule has 0 bridgehead atoms. The third-order valence-electron chi connectivity index (χ3n) is 4.15. The number of fused-ring (bicyclic) bond motifs is 1. The van der Waals surface area contributed by atoms with Crippen molar-refractivity contribution in [2.24, 2.45) is 0 Å². The maximum absolute atomic E-state index is 13.1. The molecule has 28 heavy (non-hydrogen) atoms. The van der Waals surface area contributed by atoms with Gasteiger partial charge in [0, 0.05) is 17.5 Å². The highest BCUT2D eigenvalue weighted by atomic mass is 32.2. The fraction of sp³-hybridized carbons (Fsp3) is 0.278. The van der Waals surface area contributed by atoms with Crippen molar-refractivity contribution in [1.29, 1.82) is 0 Å². The van der Waals surface area contributed by atoms with Crippen LogP contribution < -0.4 is 14.8 Å². The molecule has 0 saturated heterocycles. The summed E-state index contributed by atoms with van der Waals surface area (Å²) in [6.07, 6.45) is 0. The Balaban J connectivity index is 2.13. The topological polar surface area (TPSA) is 110 Å². The van der Waals surface area contributed by atoms with Gasteiger partial charge in [0.2, 0.25) is 5.91 Å². The van der Waals surface area contributed by atoms with E-state index >= 15 is 0 Å². The smallest absolute Gasteiger partial charge is 0.266 e. The summed E-state index contributed by atoms with van der Waals surface area (Å²) < 4.78 is 34.0. The van der Waals surface area contributed by atoms with Gasteiger partial charge in [-0.2, -0.15) is 0 Å². The number of sulfonamides is 1. The minimum absolute atomic E-state index is 0.102. The second-order valence-corrected chi connectivity index (χ2v) is 9.09. The first kappa shape index (κ1) is 20.0. The molecule has 0 aliphatic heterocycles. The second-order valence-electron chi connectivity index (χ2n) is 6.24. The van der Waals surface area contributed by atoms with E-state index in [-0.39, 0.29) is 22.4 Å². The van der Waals surface area contributed by atoms with Gasteiger partial charge in [0.25, 0.3) is 10.0 Å². The van der Waals surface area contributed by atoms with Crippen LogP contribution in [0.15, 0.2) is 23.1 Å². The molecule has 0 fully saturated rings. The van der Waals surface area contributed by atoms with Crippen molar-refractivity contribution in [3.63, 3.8) is 0 Å². The van der Waals surface area contributed by atoms with E-state index in [4.69, 9.17) is 4.74 Å². The Kier molecular flexibility index (Phi) is 5.26. The van der Waals surface area contributed by atoms with Crippen molar-refractivity contribution < 1.29 is 17.9 Å². The van der Waals surface area contributed by atoms with Gasteiger partial charge in [-0.3, -0.25) is 9.52 Å². The first-order chi connectivity index (χ1) is 13.1. The van der Waals surface area contributed by atoms with Crippen molar-refractivity contribution in [1.82, 2.24) is 9.97 Å². The Morgan fingerprint density at radius 1 is 1.18 bits per heavy atom. The number of aromatic nitrogens is 2. The molecule has 10 heteroatoms.